The van der Waals surface area contributed by atoms with Crippen molar-refractivity contribution in [2.24, 2.45) is 0 Å². The van der Waals surface area contributed by atoms with Gasteiger partial charge in [-0.05, 0) is 42.5 Å². The first-order valence-corrected chi connectivity index (χ1v) is 12.0. The molecule has 0 bridgehead atoms. The molecule has 1 aromatic heterocycles. The van der Waals surface area contributed by atoms with Crippen molar-refractivity contribution in [1.82, 2.24) is 20.3 Å². The Labute approximate surface area is 204 Å². The molecule has 1 amide bonds. The van der Waals surface area contributed by atoms with Gasteiger partial charge in [0.25, 0.3) is 0 Å². The van der Waals surface area contributed by atoms with E-state index in [9.17, 15) is 15.0 Å². The van der Waals surface area contributed by atoms with Gasteiger partial charge in [-0.15, -0.1) is 0 Å². The number of nitrogens with one attached hydrogen (secondary N) is 1. The number of phenolic OH excluding ortho intramolecular Hbond substituents is 1. The largest absolute Gasteiger partial charge is 0.508 e. The minimum Gasteiger partial charge on any atom is -0.508 e. The average molecular weight is 475 g/mol. The van der Waals surface area contributed by atoms with Crippen molar-refractivity contribution in [2.75, 3.05) is 36.0 Å². The van der Waals surface area contributed by atoms with E-state index < -0.39 is 0 Å². The standard InChI is InChI=1S/C26H30N6O3/c1-17(34)27-20-10-12-31(13-11-20)25-28-24(19-6-4-7-21(35)15-19)29-26(30-25)32-14-9-18-5-2-3-8-22(18)23(32)16-33/h2-8,15,20,23,33,35H,9-14,16H2,1H3,(H,27,34)/t23-/m0/s1. The van der Waals surface area contributed by atoms with E-state index in [0.717, 1.165) is 24.8 Å². The van der Waals surface area contributed by atoms with Crippen LogP contribution < -0.4 is 15.1 Å². The van der Waals surface area contributed by atoms with E-state index in [-0.39, 0.29) is 30.3 Å². The summed E-state index contributed by atoms with van der Waals surface area (Å²) in [4.78, 5) is 30.0. The maximum Gasteiger partial charge on any atom is 0.231 e. The Hall–Kier alpha value is -3.72. The molecule has 2 aliphatic rings. The molecule has 182 valence electrons. The maximum absolute atomic E-state index is 11.5. The minimum absolute atomic E-state index is 0.0162. The number of rotatable bonds is 5. The third-order valence-corrected chi connectivity index (χ3v) is 6.74. The smallest absolute Gasteiger partial charge is 0.231 e. The zero-order valence-corrected chi connectivity index (χ0v) is 19.8. The molecule has 0 radical (unpaired) electrons. The highest BCUT2D eigenvalue weighted by molar-refractivity contribution is 5.73. The first kappa shape index (κ1) is 23.0. The molecule has 0 spiro atoms. The number of piperidine rings is 1. The third-order valence-electron chi connectivity index (χ3n) is 6.74. The number of fused-ring (bicyclic) bond motifs is 1. The van der Waals surface area contributed by atoms with E-state index in [1.807, 2.05) is 29.2 Å². The summed E-state index contributed by atoms with van der Waals surface area (Å²) in [6.45, 7) is 3.58. The van der Waals surface area contributed by atoms with Gasteiger partial charge in [0.2, 0.25) is 17.8 Å². The maximum atomic E-state index is 11.5. The summed E-state index contributed by atoms with van der Waals surface area (Å²) in [5, 5.41) is 23.4. The van der Waals surface area contributed by atoms with Crippen molar-refractivity contribution in [3.63, 3.8) is 0 Å². The molecule has 3 aromatic rings. The molecule has 0 unspecified atom stereocenters. The first-order chi connectivity index (χ1) is 17.0. The highest BCUT2D eigenvalue weighted by Crippen LogP contribution is 2.34. The Morgan fingerprint density at radius 1 is 1.03 bits per heavy atom. The molecule has 1 fully saturated rings. The summed E-state index contributed by atoms with van der Waals surface area (Å²) in [6.07, 6.45) is 2.44. The Kier molecular flexibility index (Phi) is 6.50. The van der Waals surface area contributed by atoms with Crippen LogP contribution >= 0.6 is 0 Å². The molecule has 2 aromatic carbocycles. The Bertz CT molecular complexity index is 1210. The Morgan fingerprint density at radius 2 is 1.80 bits per heavy atom. The topological polar surface area (TPSA) is 115 Å². The molecule has 3 heterocycles. The molecule has 1 saturated heterocycles. The lowest BCUT2D eigenvalue weighted by Gasteiger charge is -2.37. The lowest BCUT2D eigenvalue weighted by atomic mass is 9.93. The summed E-state index contributed by atoms with van der Waals surface area (Å²) in [5.41, 5.74) is 3.00. The van der Waals surface area contributed by atoms with Gasteiger partial charge in [-0.2, -0.15) is 15.0 Å². The first-order valence-electron chi connectivity index (χ1n) is 12.0. The van der Waals surface area contributed by atoms with Crippen LogP contribution in [0.4, 0.5) is 11.9 Å². The van der Waals surface area contributed by atoms with E-state index in [4.69, 9.17) is 15.0 Å². The molecule has 9 nitrogen and oxygen atoms in total. The minimum atomic E-state index is -0.252. The van der Waals surface area contributed by atoms with E-state index in [2.05, 4.69) is 16.3 Å². The molecule has 5 rings (SSSR count). The van der Waals surface area contributed by atoms with Gasteiger partial charge in [0.15, 0.2) is 5.82 Å². The predicted octanol–water partition coefficient (Wildman–Crippen LogP) is 2.45. The molecule has 0 saturated carbocycles. The molecular formula is C26H30N6O3. The molecular weight excluding hydrogens is 444 g/mol. The van der Waals surface area contributed by atoms with Gasteiger partial charge in [0.05, 0.1) is 12.6 Å². The number of benzene rings is 2. The number of aromatic nitrogens is 3. The third kappa shape index (κ3) is 4.90. The van der Waals surface area contributed by atoms with Crippen LogP contribution in [0.15, 0.2) is 48.5 Å². The highest BCUT2D eigenvalue weighted by atomic mass is 16.3. The van der Waals surface area contributed by atoms with E-state index in [1.54, 1.807) is 25.1 Å². The van der Waals surface area contributed by atoms with Crippen LogP contribution in [0.25, 0.3) is 11.4 Å². The summed E-state index contributed by atoms with van der Waals surface area (Å²) >= 11 is 0. The van der Waals surface area contributed by atoms with E-state index in [0.29, 0.717) is 42.9 Å². The molecule has 0 aliphatic carbocycles. The van der Waals surface area contributed by atoms with Crippen molar-refractivity contribution in [2.45, 2.75) is 38.3 Å². The molecule has 3 N–H and O–H groups in total. The quantitative estimate of drug-likeness (QED) is 0.517. The van der Waals surface area contributed by atoms with Gasteiger partial charge in [-0.25, -0.2) is 0 Å². The number of amides is 1. The number of aromatic hydroxyl groups is 1. The fourth-order valence-corrected chi connectivity index (χ4v) is 5.00. The lowest BCUT2D eigenvalue weighted by molar-refractivity contribution is -0.119. The predicted molar refractivity (Wildman–Crippen MR) is 133 cm³/mol. The van der Waals surface area contributed by atoms with Gasteiger partial charge >= 0.3 is 0 Å². The van der Waals surface area contributed by atoms with Crippen molar-refractivity contribution in [3.05, 3.63) is 59.7 Å². The second-order valence-electron chi connectivity index (χ2n) is 9.11. The van der Waals surface area contributed by atoms with Crippen LogP contribution in [-0.2, 0) is 11.2 Å². The highest BCUT2D eigenvalue weighted by Gasteiger charge is 2.30. The summed E-state index contributed by atoms with van der Waals surface area (Å²) in [5.74, 6) is 1.66. The zero-order chi connectivity index (χ0) is 24.4. The van der Waals surface area contributed by atoms with Gasteiger partial charge in [0.1, 0.15) is 5.75 Å². The Morgan fingerprint density at radius 3 is 2.54 bits per heavy atom. The Balaban J connectivity index is 1.51. The van der Waals surface area contributed by atoms with Crippen LogP contribution in [0.3, 0.4) is 0 Å². The average Bonchev–Trinajstić information content (AvgIpc) is 2.88. The van der Waals surface area contributed by atoms with Crippen LogP contribution in [-0.4, -0.2) is 63.4 Å². The van der Waals surface area contributed by atoms with Crippen molar-refractivity contribution in [3.8, 4) is 17.1 Å². The second-order valence-corrected chi connectivity index (χ2v) is 9.11. The van der Waals surface area contributed by atoms with Gasteiger partial charge in [-0.3, -0.25) is 4.79 Å². The lowest BCUT2D eigenvalue weighted by Crippen LogP contribution is -2.45. The molecule has 2 aliphatic heterocycles. The number of aliphatic hydroxyl groups is 1. The van der Waals surface area contributed by atoms with Crippen LogP contribution in [0, 0.1) is 0 Å². The van der Waals surface area contributed by atoms with Gasteiger partial charge < -0.3 is 25.3 Å². The molecule has 9 heteroatoms. The van der Waals surface area contributed by atoms with E-state index in [1.165, 1.54) is 5.56 Å². The van der Waals surface area contributed by atoms with Crippen molar-refractivity contribution >= 4 is 17.8 Å². The second kappa shape index (κ2) is 9.87. The monoisotopic (exact) mass is 474 g/mol. The number of aliphatic hydroxyl groups excluding tert-OH is 1. The zero-order valence-electron chi connectivity index (χ0n) is 19.8. The van der Waals surface area contributed by atoms with Crippen LogP contribution in [0.5, 0.6) is 5.75 Å². The van der Waals surface area contributed by atoms with Crippen molar-refractivity contribution < 1.29 is 15.0 Å². The number of hydrogen-bond donors (Lipinski definition) is 3. The fourth-order valence-electron chi connectivity index (χ4n) is 5.00. The van der Waals surface area contributed by atoms with Crippen LogP contribution in [0.1, 0.15) is 36.9 Å². The summed E-state index contributed by atoms with van der Waals surface area (Å²) in [7, 11) is 0. The normalized spacial score (nSPS) is 18.3. The number of nitrogens with zero attached hydrogens (tertiary/aromatic N) is 5. The number of anilines is 2. The SMILES string of the molecule is CC(=O)NC1CCN(c2nc(-c3cccc(O)c3)nc(N3CCc4ccccc4[C@@H]3CO)n2)CC1. The van der Waals surface area contributed by atoms with Gasteiger partial charge in [0, 0.05) is 38.2 Å². The van der Waals surface area contributed by atoms with Crippen LogP contribution in [0.2, 0.25) is 0 Å². The number of carbonyl (C=O) groups excluding carboxylic acids is 1. The number of phenols is 1. The number of carbonyl (C=O) groups is 1. The fraction of sp³-hybridized carbons (Fsp3) is 0.385. The van der Waals surface area contributed by atoms with Gasteiger partial charge in [-0.1, -0.05) is 36.4 Å². The van der Waals surface area contributed by atoms with E-state index >= 15 is 0 Å². The number of hydrogen-bond acceptors (Lipinski definition) is 8. The molecule has 1 atom stereocenters. The summed E-state index contributed by atoms with van der Waals surface area (Å²) < 4.78 is 0. The summed E-state index contributed by atoms with van der Waals surface area (Å²) in [6, 6.07) is 14.9. The molecule has 35 heavy (non-hydrogen) atoms. The van der Waals surface area contributed by atoms with Crippen molar-refractivity contribution in [1.29, 1.82) is 0 Å².